The molecule has 0 atom stereocenters. The molecule has 0 aliphatic heterocycles. The van der Waals surface area contributed by atoms with E-state index in [0.29, 0.717) is 6.54 Å². The van der Waals surface area contributed by atoms with Crippen LogP contribution in [0.25, 0.3) is 0 Å². The Bertz CT molecular complexity index is 550. The van der Waals surface area contributed by atoms with Gasteiger partial charge in [-0.2, -0.15) is 11.8 Å². The van der Waals surface area contributed by atoms with Gasteiger partial charge in [0.15, 0.2) is 0 Å². The summed E-state index contributed by atoms with van der Waals surface area (Å²) < 4.78 is 5.73. The zero-order valence-corrected chi connectivity index (χ0v) is 13.9. The third-order valence-electron chi connectivity index (χ3n) is 2.71. The van der Waals surface area contributed by atoms with Gasteiger partial charge in [0.1, 0.15) is 11.5 Å². The second-order valence-electron chi connectivity index (χ2n) is 4.89. The van der Waals surface area contributed by atoms with Crippen LogP contribution in [-0.4, -0.2) is 37.2 Å². The van der Waals surface area contributed by atoms with Gasteiger partial charge in [-0.05, 0) is 37.7 Å². The van der Waals surface area contributed by atoms with Gasteiger partial charge in [-0.15, -0.1) is 11.3 Å². The van der Waals surface area contributed by atoms with Crippen LogP contribution < -0.4 is 5.32 Å². The first-order valence-corrected chi connectivity index (χ1v) is 8.80. The Morgan fingerprint density at radius 1 is 1.33 bits per heavy atom. The summed E-state index contributed by atoms with van der Waals surface area (Å²) in [6.45, 7) is 1.49. The summed E-state index contributed by atoms with van der Waals surface area (Å²) >= 11 is 3.22. The highest BCUT2D eigenvalue weighted by Gasteiger charge is 2.06. The molecule has 0 aliphatic rings. The van der Waals surface area contributed by atoms with E-state index in [1.54, 1.807) is 11.8 Å². The van der Waals surface area contributed by atoms with E-state index < -0.39 is 0 Å². The lowest BCUT2D eigenvalue weighted by Crippen LogP contribution is -2.24. The smallest absolute Gasteiger partial charge is 0.261 e. The second-order valence-corrected chi connectivity index (χ2v) is 6.94. The van der Waals surface area contributed by atoms with E-state index in [1.807, 2.05) is 43.7 Å². The van der Waals surface area contributed by atoms with Crippen molar-refractivity contribution in [2.45, 2.75) is 12.3 Å². The topological polar surface area (TPSA) is 45.5 Å². The van der Waals surface area contributed by atoms with Crippen molar-refractivity contribution >= 4 is 29.0 Å². The number of rotatable bonds is 8. The Morgan fingerprint density at radius 3 is 2.86 bits per heavy atom. The van der Waals surface area contributed by atoms with Crippen LogP contribution in [0.3, 0.4) is 0 Å². The number of carbonyl (C=O) groups excluding carboxylic acids is 1. The number of carbonyl (C=O) groups is 1. The summed E-state index contributed by atoms with van der Waals surface area (Å²) in [7, 11) is 4.04. The van der Waals surface area contributed by atoms with Crippen molar-refractivity contribution in [3.05, 3.63) is 46.0 Å². The zero-order chi connectivity index (χ0) is 15.1. The summed E-state index contributed by atoms with van der Waals surface area (Å²) in [5.41, 5.74) is 0. The summed E-state index contributed by atoms with van der Waals surface area (Å²) in [5.74, 6) is 3.70. The van der Waals surface area contributed by atoms with Gasteiger partial charge in [0.05, 0.1) is 17.2 Å². The number of nitrogens with one attached hydrogen (secondary N) is 1. The standard InChI is InChI=1S/C15H20N2O2S2/c1-17(2)10-12-5-6-13(19-12)11-20-9-7-16-15(18)14-4-3-8-21-14/h3-6,8H,7,9-11H2,1-2H3,(H,16,18). The normalized spacial score (nSPS) is 11.0. The number of furan rings is 1. The molecule has 0 aromatic carbocycles. The molecule has 0 saturated heterocycles. The summed E-state index contributed by atoms with van der Waals surface area (Å²) in [6.07, 6.45) is 0. The number of hydrogen-bond acceptors (Lipinski definition) is 5. The molecule has 21 heavy (non-hydrogen) atoms. The van der Waals surface area contributed by atoms with Gasteiger partial charge in [0.25, 0.3) is 5.91 Å². The SMILES string of the molecule is CN(C)Cc1ccc(CSCCNC(=O)c2cccs2)o1. The van der Waals surface area contributed by atoms with E-state index in [2.05, 4.69) is 10.2 Å². The first-order chi connectivity index (χ1) is 10.1. The zero-order valence-electron chi connectivity index (χ0n) is 12.3. The number of thioether (sulfide) groups is 1. The van der Waals surface area contributed by atoms with E-state index in [0.717, 1.165) is 34.4 Å². The quantitative estimate of drug-likeness (QED) is 0.758. The minimum Gasteiger partial charge on any atom is -0.464 e. The minimum atomic E-state index is 0.0110. The van der Waals surface area contributed by atoms with E-state index in [1.165, 1.54) is 11.3 Å². The van der Waals surface area contributed by atoms with Crippen molar-refractivity contribution in [1.29, 1.82) is 0 Å². The molecular weight excluding hydrogens is 304 g/mol. The predicted molar refractivity (Wildman–Crippen MR) is 88.9 cm³/mol. The Morgan fingerprint density at radius 2 is 2.14 bits per heavy atom. The largest absolute Gasteiger partial charge is 0.464 e. The molecule has 6 heteroatoms. The summed E-state index contributed by atoms with van der Waals surface area (Å²) in [5, 5.41) is 4.82. The Balaban J connectivity index is 1.61. The molecule has 2 aromatic heterocycles. The van der Waals surface area contributed by atoms with Crippen LogP contribution in [-0.2, 0) is 12.3 Å². The van der Waals surface area contributed by atoms with Crippen LogP contribution >= 0.6 is 23.1 Å². The van der Waals surface area contributed by atoms with Crippen LogP contribution in [0, 0.1) is 0 Å². The van der Waals surface area contributed by atoms with Crippen molar-refractivity contribution in [3.63, 3.8) is 0 Å². The van der Waals surface area contributed by atoms with Gasteiger partial charge in [-0.3, -0.25) is 4.79 Å². The Labute approximate surface area is 133 Å². The molecule has 0 spiro atoms. The van der Waals surface area contributed by atoms with Crippen LogP contribution in [0.5, 0.6) is 0 Å². The highest BCUT2D eigenvalue weighted by Crippen LogP contribution is 2.16. The maximum atomic E-state index is 11.7. The second kappa shape index (κ2) is 8.26. The molecule has 2 heterocycles. The molecule has 114 valence electrons. The van der Waals surface area contributed by atoms with Gasteiger partial charge in [-0.25, -0.2) is 0 Å². The molecule has 1 N–H and O–H groups in total. The molecule has 1 amide bonds. The average Bonchev–Trinajstić information content (AvgIpc) is 3.09. The van der Waals surface area contributed by atoms with Crippen molar-refractivity contribution in [2.24, 2.45) is 0 Å². The molecule has 0 fully saturated rings. The van der Waals surface area contributed by atoms with Gasteiger partial charge < -0.3 is 14.6 Å². The van der Waals surface area contributed by atoms with Gasteiger partial charge >= 0.3 is 0 Å². The number of thiophene rings is 1. The molecule has 2 aromatic rings. The van der Waals surface area contributed by atoms with Crippen LogP contribution in [0.1, 0.15) is 21.2 Å². The van der Waals surface area contributed by atoms with Crippen molar-refractivity contribution in [2.75, 3.05) is 26.4 Å². The minimum absolute atomic E-state index is 0.0110. The summed E-state index contributed by atoms with van der Waals surface area (Å²) in [4.78, 5) is 14.6. The maximum Gasteiger partial charge on any atom is 0.261 e. The Kier molecular flexibility index (Phi) is 6.35. The molecule has 4 nitrogen and oxygen atoms in total. The molecular formula is C15H20N2O2S2. The first kappa shape index (κ1) is 16.1. The summed E-state index contributed by atoms with van der Waals surface area (Å²) in [6, 6.07) is 7.77. The highest BCUT2D eigenvalue weighted by molar-refractivity contribution is 7.98. The lowest BCUT2D eigenvalue weighted by atomic mass is 10.4. The molecule has 0 saturated carbocycles. The molecule has 0 aliphatic carbocycles. The lowest BCUT2D eigenvalue weighted by Gasteiger charge is -2.06. The number of nitrogens with zero attached hydrogens (tertiary/aromatic N) is 1. The maximum absolute atomic E-state index is 11.7. The number of amides is 1. The monoisotopic (exact) mass is 324 g/mol. The van der Waals surface area contributed by atoms with Crippen LogP contribution in [0.15, 0.2) is 34.1 Å². The molecule has 2 rings (SSSR count). The fraction of sp³-hybridized carbons (Fsp3) is 0.400. The van der Waals surface area contributed by atoms with Gasteiger partial charge in [0, 0.05) is 12.3 Å². The third-order valence-corrected chi connectivity index (χ3v) is 4.56. The molecule has 0 unspecified atom stereocenters. The lowest BCUT2D eigenvalue weighted by molar-refractivity contribution is 0.0960. The highest BCUT2D eigenvalue weighted by atomic mass is 32.2. The average molecular weight is 324 g/mol. The number of hydrogen-bond donors (Lipinski definition) is 1. The van der Waals surface area contributed by atoms with Crippen LogP contribution in [0.2, 0.25) is 0 Å². The fourth-order valence-electron chi connectivity index (χ4n) is 1.80. The van der Waals surface area contributed by atoms with Crippen molar-refractivity contribution < 1.29 is 9.21 Å². The van der Waals surface area contributed by atoms with E-state index in [4.69, 9.17) is 4.42 Å². The van der Waals surface area contributed by atoms with E-state index in [9.17, 15) is 4.79 Å². The predicted octanol–water partition coefficient (Wildman–Crippen LogP) is 3.07. The fourth-order valence-corrected chi connectivity index (χ4v) is 3.19. The molecule has 0 radical (unpaired) electrons. The van der Waals surface area contributed by atoms with Gasteiger partial charge in [0.2, 0.25) is 0 Å². The van der Waals surface area contributed by atoms with Gasteiger partial charge in [-0.1, -0.05) is 6.07 Å². The Hall–Kier alpha value is -1.24. The van der Waals surface area contributed by atoms with Crippen LogP contribution in [0.4, 0.5) is 0 Å². The van der Waals surface area contributed by atoms with E-state index >= 15 is 0 Å². The van der Waals surface area contributed by atoms with Crippen molar-refractivity contribution in [1.82, 2.24) is 10.2 Å². The van der Waals surface area contributed by atoms with E-state index in [-0.39, 0.29) is 5.91 Å². The molecule has 0 bridgehead atoms. The first-order valence-electron chi connectivity index (χ1n) is 6.77. The van der Waals surface area contributed by atoms with Crippen molar-refractivity contribution in [3.8, 4) is 0 Å². The third kappa shape index (κ3) is 5.57.